The summed E-state index contributed by atoms with van der Waals surface area (Å²) >= 11 is 0. The SMILES string of the molecule is O=C(NC1CCCCC1)[C@@H]1C[C@H](COc2cccc(F)c2)CN(Cc2ccc3ccccc3c2)C1. The van der Waals surface area contributed by atoms with Gasteiger partial charge in [-0.25, -0.2) is 4.39 Å². The largest absolute Gasteiger partial charge is 0.493 e. The Bertz CT molecular complexity index is 1140. The number of fused-ring (bicyclic) bond motifs is 1. The zero-order valence-electron chi connectivity index (χ0n) is 20.3. The minimum atomic E-state index is -0.297. The van der Waals surface area contributed by atoms with Crippen LogP contribution in [-0.2, 0) is 11.3 Å². The van der Waals surface area contributed by atoms with Crippen LogP contribution in [0.1, 0.15) is 44.1 Å². The lowest BCUT2D eigenvalue weighted by atomic mass is 9.87. The fourth-order valence-electron chi connectivity index (χ4n) is 5.67. The first-order chi connectivity index (χ1) is 17.1. The first-order valence-corrected chi connectivity index (χ1v) is 13.0. The van der Waals surface area contributed by atoms with E-state index in [-0.39, 0.29) is 23.6 Å². The Morgan fingerprint density at radius 3 is 2.60 bits per heavy atom. The molecule has 2 aliphatic rings. The average molecular weight is 475 g/mol. The molecule has 5 heteroatoms. The summed E-state index contributed by atoms with van der Waals surface area (Å²) in [5.74, 6) is 0.561. The number of amides is 1. The Balaban J connectivity index is 1.28. The van der Waals surface area contributed by atoms with Gasteiger partial charge in [-0.05, 0) is 53.8 Å². The molecule has 1 amide bonds. The number of carbonyl (C=O) groups excluding carboxylic acids is 1. The van der Waals surface area contributed by atoms with Gasteiger partial charge in [0.25, 0.3) is 0 Å². The number of piperidine rings is 1. The fraction of sp³-hybridized carbons (Fsp3) is 0.433. The van der Waals surface area contributed by atoms with E-state index in [1.54, 1.807) is 12.1 Å². The molecule has 1 saturated heterocycles. The van der Waals surface area contributed by atoms with Gasteiger partial charge in [0, 0.05) is 37.7 Å². The monoisotopic (exact) mass is 474 g/mol. The van der Waals surface area contributed by atoms with E-state index in [0.717, 1.165) is 38.9 Å². The Kier molecular flexibility index (Phi) is 7.63. The first-order valence-electron chi connectivity index (χ1n) is 13.0. The molecular formula is C30H35FN2O2. The van der Waals surface area contributed by atoms with Crippen LogP contribution >= 0.6 is 0 Å². The second-order valence-electron chi connectivity index (χ2n) is 10.3. The van der Waals surface area contributed by atoms with Crippen LogP contribution in [0.4, 0.5) is 4.39 Å². The van der Waals surface area contributed by atoms with Gasteiger partial charge in [-0.2, -0.15) is 0 Å². The van der Waals surface area contributed by atoms with Gasteiger partial charge in [0.05, 0.1) is 12.5 Å². The van der Waals surface area contributed by atoms with Crippen molar-refractivity contribution in [3.05, 3.63) is 78.1 Å². The number of likely N-dealkylation sites (tertiary alicyclic amines) is 1. The van der Waals surface area contributed by atoms with Gasteiger partial charge in [-0.1, -0.05) is 61.7 Å². The van der Waals surface area contributed by atoms with E-state index in [0.29, 0.717) is 18.4 Å². The highest BCUT2D eigenvalue weighted by Gasteiger charge is 2.33. The molecule has 1 heterocycles. The number of benzene rings is 3. The summed E-state index contributed by atoms with van der Waals surface area (Å²) in [4.78, 5) is 15.7. The van der Waals surface area contributed by atoms with Crippen LogP contribution < -0.4 is 10.1 Å². The normalized spacial score (nSPS) is 21.6. The van der Waals surface area contributed by atoms with E-state index < -0.39 is 0 Å². The molecule has 5 rings (SSSR count). The summed E-state index contributed by atoms with van der Waals surface area (Å²) < 4.78 is 19.6. The highest BCUT2D eigenvalue weighted by molar-refractivity contribution is 5.83. The van der Waals surface area contributed by atoms with Crippen LogP contribution in [0.15, 0.2) is 66.7 Å². The molecule has 184 valence electrons. The van der Waals surface area contributed by atoms with E-state index in [4.69, 9.17) is 4.74 Å². The molecule has 4 nitrogen and oxygen atoms in total. The van der Waals surface area contributed by atoms with E-state index in [9.17, 15) is 9.18 Å². The maximum atomic E-state index is 13.6. The maximum absolute atomic E-state index is 13.6. The Morgan fingerprint density at radius 2 is 1.77 bits per heavy atom. The number of hydrogen-bond donors (Lipinski definition) is 1. The molecule has 3 aromatic rings. The maximum Gasteiger partial charge on any atom is 0.224 e. The zero-order valence-corrected chi connectivity index (χ0v) is 20.3. The van der Waals surface area contributed by atoms with Crippen molar-refractivity contribution in [2.24, 2.45) is 11.8 Å². The average Bonchev–Trinajstić information content (AvgIpc) is 2.88. The molecular weight excluding hydrogens is 439 g/mol. The van der Waals surface area contributed by atoms with Crippen molar-refractivity contribution >= 4 is 16.7 Å². The van der Waals surface area contributed by atoms with Crippen LogP contribution in [0.2, 0.25) is 0 Å². The zero-order chi connectivity index (χ0) is 24.0. The summed E-state index contributed by atoms with van der Waals surface area (Å²) in [6.07, 6.45) is 6.65. The van der Waals surface area contributed by atoms with E-state index in [1.807, 2.05) is 0 Å². The van der Waals surface area contributed by atoms with Gasteiger partial charge in [0.1, 0.15) is 11.6 Å². The van der Waals surface area contributed by atoms with Crippen molar-refractivity contribution in [3.63, 3.8) is 0 Å². The van der Waals surface area contributed by atoms with Crippen molar-refractivity contribution < 1.29 is 13.9 Å². The van der Waals surface area contributed by atoms with Crippen molar-refractivity contribution in [3.8, 4) is 5.75 Å². The highest BCUT2D eigenvalue weighted by Crippen LogP contribution is 2.27. The smallest absolute Gasteiger partial charge is 0.224 e. The van der Waals surface area contributed by atoms with Gasteiger partial charge >= 0.3 is 0 Å². The van der Waals surface area contributed by atoms with Gasteiger partial charge in [-0.3, -0.25) is 9.69 Å². The second-order valence-corrected chi connectivity index (χ2v) is 10.3. The molecule has 1 saturated carbocycles. The first kappa shape index (κ1) is 23.8. The van der Waals surface area contributed by atoms with Gasteiger partial charge < -0.3 is 10.1 Å². The molecule has 0 bridgehead atoms. The van der Waals surface area contributed by atoms with Gasteiger partial charge in [0.15, 0.2) is 0 Å². The predicted molar refractivity (Wildman–Crippen MR) is 138 cm³/mol. The number of halogens is 1. The Labute approximate surface area is 207 Å². The molecule has 1 aliphatic carbocycles. The molecule has 2 atom stereocenters. The molecule has 1 N–H and O–H groups in total. The molecule has 0 spiro atoms. The standard InChI is InChI=1S/C30H35FN2O2/c31-27-9-6-12-29(17-27)35-21-23-16-26(30(34)32-28-10-2-1-3-11-28)20-33(19-23)18-22-13-14-24-7-4-5-8-25(24)15-22/h4-9,12-15,17,23,26,28H,1-3,10-11,16,18-21H2,(H,32,34)/t23-,26+/m0/s1. The Hall–Kier alpha value is -2.92. The van der Waals surface area contributed by atoms with E-state index in [1.165, 1.54) is 47.7 Å². The predicted octanol–water partition coefficient (Wildman–Crippen LogP) is 5.94. The molecule has 0 aromatic heterocycles. The van der Waals surface area contributed by atoms with Crippen molar-refractivity contribution in [2.45, 2.75) is 51.1 Å². The lowest BCUT2D eigenvalue weighted by Crippen LogP contribution is -2.49. The number of nitrogens with one attached hydrogen (secondary N) is 1. The highest BCUT2D eigenvalue weighted by atomic mass is 19.1. The summed E-state index contributed by atoms with van der Waals surface area (Å²) in [6, 6.07) is 21.6. The minimum absolute atomic E-state index is 0.0627. The molecule has 2 fully saturated rings. The van der Waals surface area contributed by atoms with E-state index in [2.05, 4.69) is 52.7 Å². The topological polar surface area (TPSA) is 41.6 Å². The number of nitrogens with zero attached hydrogens (tertiary/aromatic N) is 1. The van der Waals surface area contributed by atoms with Crippen LogP contribution in [0.25, 0.3) is 10.8 Å². The summed E-state index contributed by atoms with van der Waals surface area (Å²) in [5, 5.41) is 5.82. The van der Waals surface area contributed by atoms with Crippen molar-refractivity contribution in [2.75, 3.05) is 19.7 Å². The quantitative estimate of drug-likeness (QED) is 0.460. The summed E-state index contributed by atoms with van der Waals surface area (Å²) in [7, 11) is 0. The van der Waals surface area contributed by atoms with Crippen LogP contribution in [0.3, 0.4) is 0 Å². The molecule has 1 aliphatic heterocycles. The van der Waals surface area contributed by atoms with Crippen molar-refractivity contribution in [1.82, 2.24) is 10.2 Å². The summed E-state index contributed by atoms with van der Waals surface area (Å²) in [5.41, 5.74) is 1.25. The third kappa shape index (κ3) is 6.40. The van der Waals surface area contributed by atoms with Gasteiger partial charge in [-0.15, -0.1) is 0 Å². The molecule has 0 radical (unpaired) electrons. The lowest BCUT2D eigenvalue weighted by Gasteiger charge is -2.38. The lowest BCUT2D eigenvalue weighted by molar-refractivity contribution is -0.128. The number of hydrogen-bond acceptors (Lipinski definition) is 3. The fourth-order valence-corrected chi connectivity index (χ4v) is 5.67. The minimum Gasteiger partial charge on any atom is -0.493 e. The van der Waals surface area contributed by atoms with Crippen LogP contribution in [0.5, 0.6) is 5.75 Å². The van der Waals surface area contributed by atoms with Gasteiger partial charge in [0.2, 0.25) is 5.91 Å². The number of ether oxygens (including phenoxy) is 1. The second kappa shape index (κ2) is 11.2. The van der Waals surface area contributed by atoms with Crippen molar-refractivity contribution in [1.29, 1.82) is 0 Å². The number of rotatable bonds is 7. The van der Waals surface area contributed by atoms with Crippen LogP contribution in [0, 0.1) is 17.7 Å². The molecule has 35 heavy (non-hydrogen) atoms. The molecule has 3 aromatic carbocycles. The molecule has 0 unspecified atom stereocenters. The van der Waals surface area contributed by atoms with Crippen LogP contribution in [-0.4, -0.2) is 36.5 Å². The Morgan fingerprint density at radius 1 is 0.943 bits per heavy atom. The third-order valence-electron chi connectivity index (χ3n) is 7.44. The van der Waals surface area contributed by atoms with E-state index >= 15 is 0 Å². The number of carbonyl (C=O) groups is 1. The third-order valence-corrected chi connectivity index (χ3v) is 7.44. The summed E-state index contributed by atoms with van der Waals surface area (Å²) in [6.45, 7) is 2.89.